The number of nitrogens with zero attached hydrogens (tertiary/aromatic N) is 3. The lowest BCUT2D eigenvalue weighted by Gasteiger charge is -2.17. The number of amides is 2. The van der Waals surface area contributed by atoms with E-state index in [9.17, 15) is 9.59 Å². The zero-order chi connectivity index (χ0) is 15.9. The first-order valence-electron chi connectivity index (χ1n) is 7.19. The molecule has 0 spiro atoms. The fourth-order valence-corrected chi connectivity index (χ4v) is 2.67. The molecular formula is C16H18N4O2. The second kappa shape index (κ2) is 5.29. The third-order valence-corrected chi connectivity index (χ3v) is 3.90. The Kier molecular flexibility index (Phi) is 3.44. The minimum atomic E-state index is -0.436. The first kappa shape index (κ1) is 14.3. The molecule has 2 N–H and O–H groups in total. The summed E-state index contributed by atoms with van der Waals surface area (Å²) in [7, 11) is 0. The Balaban J connectivity index is 2.00. The van der Waals surface area contributed by atoms with Crippen molar-refractivity contribution in [2.45, 2.75) is 20.3 Å². The SMILES string of the molecule is Cc1ccc(-n2nc(C)cc2N2CC(C(N)=O)CC2=O)cc1. The van der Waals surface area contributed by atoms with Crippen molar-refractivity contribution in [3.63, 3.8) is 0 Å². The molecule has 0 radical (unpaired) electrons. The van der Waals surface area contributed by atoms with E-state index >= 15 is 0 Å². The molecule has 1 fully saturated rings. The normalized spacial score (nSPS) is 18.0. The van der Waals surface area contributed by atoms with E-state index in [1.807, 2.05) is 44.2 Å². The van der Waals surface area contributed by atoms with Crippen LogP contribution in [0.5, 0.6) is 0 Å². The second-order valence-electron chi connectivity index (χ2n) is 5.70. The summed E-state index contributed by atoms with van der Waals surface area (Å²) in [5.74, 6) is -0.296. The molecule has 0 aliphatic carbocycles. The molecule has 6 heteroatoms. The summed E-state index contributed by atoms with van der Waals surface area (Å²) in [6, 6.07) is 9.75. The monoisotopic (exact) mass is 298 g/mol. The molecule has 1 aromatic heterocycles. The van der Waals surface area contributed by atoms with Gasteiger partial charge in [-0.15, -0.1) is 0 Å². The summed E-state index contributed by atoms with van der Waals surface area (Å²) in [4.78, 5) is 25.1. The molecule has 6 nitrogen and oxygen atoms in total. The molecule has 2 aromatic rings. The second-order valence-corrected chi connectivity index (χ2v) is 5.70. The molecular weight excluding hydrogens is 280 g/mol. The van der Waals surface area contributed by atoms with Crippen molar-refractivity contribution in [2.75, 3.05) is 11.4 Å². The van der Waals surface area contributed by atoms with Crippen molar-refractivity contribution in [3.05, 3.63) is 41.6 Å². The molecule has 0 bridgehead atoms. The van der Waals surface area contributed by atoms with Crippen molar-refractivity contribution in [1.82, 2.24) is 9.78 Å². The predicted octanol–water partition coefficient (Wildman–Crippen LogP) is 1.33. The highest BCUT2D eigenvalue weighted by atomic mass is 16.2. The van der Waals surface area contributed by atoms with Crippen LogP contribution in [-0.2, 0) is 9.59 Å². The lowest BCUT2D eigenvalue weighted by Crippen LogP contribution is -2.29. The maximum absolute atomic E-state index is 12.2. The van der Waals surface area contributed by atoms with Crippen LogP contribution >= 0.6 is 0 Å². The minimum Gasteiger partial charge on any atom is -0.369 e. The number of carbonyl (C=O) groups is 2. The van der Waals surface area contributed by atoms with Crippen LogP contribution in [0.15, 0.2) is 30.3 Å². The van der Waals surface area contributed by atoms with Gasteiger partial charge < -0.3 is 5.73 Å². The van der Waals surface area contributed by atoms with Crippen LogP contribution in [0.4, 0.5) is 5.82 Å². The van der Waals surface area contributed by atoms with Crippen LogP contribution in [0.1, 0.15) is 17.7 Å². The van der Waals surface area contributed by atoms with Crippen molar-refractivity contribution < 1.29 is 9.59 Å². The number of aromatic nitrogens is 2. The number of anilines is 1. The fraction of sp³-hybridized carbons (Fsp3) is 0.312. The van der Waals surface area contributed by atoms with Gasteiger partial charge in [-0.3, -0.25) is 14.5 Å². The smallest absolute Gasteiger partial charge is 0.229 e. The van der Waals surface area contributed by atoms with Crippen LogP contribution in [-0.4, -0.2) is 28.1 Å². The van der Waals surface area contributed by atoms with Crippen LogP contribution in [0.2, 0.25) is 0 Å². The van der Waals surface area contributed by atoms with Crippen LogP contribution in [0.3, 0.4) is 0 Å². The van der Waals surface area contributed by atoms with Gasteiger partial charge in [0.15, 0.2) is 0 Å². The number of carbonyl (C=O) groups excluding carboxylic acids is 2. The van der Waals surface area contributed by atoms with E-state index < -0.39 is 11.8 Å². The van der Waals surface area contributed by atoms with Crippen LogP contribution in [0.25, 0.3) is 5.69 Å². The Morgan fingerprint density at radius 3 is 2.55 bits per heavy atom. The molecule has 1 aliphatic heterocycles. The van der Waals surface area contributed by atoms with Gasteiger partial charge in [0.2, 0.25) is 11.8 Å². The highest BCUT2D eigenvalue weighted by Gasteiger charge is 2.35. The number of primary amides is 1. The molecule has 1 aliphatic rings. The van der Waals surface area contributed by atoms with E-state index in [1.165, 1.54) is 0 Å². The quantitative estimate of drug-likeness (QED) is 0.928. The summed E-state index contributed by atoms with van der Waals surface area (Å²) in [5, 5.41) is 4.47. The molecule has 0 saturated carbocycles. The summed E-state index contributed by atoms with van der Waals surface area (Å²) in [6.45, 7) is 4.20. The Bertz CT molecular complexity index is 733. The third kappa shape index (κ3) is 2.47. The van der Waals surface area contributed by atoms with Crippen LogP contribution in [0, 0.1) is 19.8 Å². The Morgan fingerprint density at radius 1 is 1.27 bits per heavy atom. The highest BCUT2D eigenvalue weighted by molar-refractivity contribution is 5.99. The topological polar surface area (TPSA) is 81.2 Å². The number of aryl methyl sites for hydroxylation is 2. The molecule has 114 valence electrons. The average molecular weight is 298 g/mol. The Morgan fingerprint density at radius 2 is 1.95 bits per heavy atom. The minimum absolute atomic E-state index is 0.0999. The molecule has 1 saturated heterocycles. The van der Waals surface area contributed by atoms with Gasteiger partial charge in [-0.2, -0.15) is 5.10 Å². The number of hydrogen-bond donors (Lipinski definition) is 1. The maximum Gasteiger partial charge on any atom is 0.229 e. The van der Waals surface area contributed by atoms with E-state index in [4.69, 9.17) is 5.73 Å². The van der Waals surface area contributed by atoms with Gasteiger partial charge in [0.05, 0.1) is 17.3 Å². The van der Waals surface area contributed by atoms with Crippen molar-refractivity contribution in [1.29, 1.82) is 0 Å². The Hall–Kier alpha value is -2.63. The van der Waals surface area contributed by atoms with E-state index in [1.54, 1.807) is 9.58 Å². The van der Waals surface area contributed by atoms with E-state index in [0.717, 1.165) is 16.9 Å². The maximum atomic E-state index is 12.2. The van der Waals surface area contributed by atoms with Gasteiger partial charge in [0.1, 0.15) is 5.82 Å². The summed E-state index contributed by atoms with van der Waals surface area (Å²) in [6.07, 6.45) is 0.160. The zero-order valence-corrected chi connectivity index (χ0v) is 12.6. The summed E-state index contributed by atoms with van der Waals surface area (Å²) >= 11 is 0. The van der Waals surface area contributed by atoms with Crippen molar-refractivity contribution in [3.8, 4) is 5.69 Å². The van der Waals surface area contributed by atoms with Crippen molar-refractivity contribution >= 4 is 17.6 Å². The van der Waals surface area contributed by atoms with Crippen molar-refractivity contribution in [2.24, 2.45) is 11.7 Å². The third-order valence-electron chi connectivity index (χ3n) is 3.90. The number of rotatable bonds is 3. The van der Waals surface area contributed by atoms with E-state index in [-0.39, 0.29) is 12.3 Å². The molecule has 1 aromatic carbocycles. The van der Waals surface area contributed by atoms with E-state index in [2.05, 4.69) is 5.10 Å². The first-order valence-corrected chi connectivity index (χ1v) is 7.19. The van der Waals surface area contributed by atoms with Gasteiger partial charge in [-0.1, -0.05) is 17.7 Å². The summed E-state index contributed by atoms with van der Waals surface area (Å²) < 4.78 is 1.73. The highest BCUT2D eigenvalue weighted by Crippen LogP contribution is 2.28. The number of hydrogen-bond acceptors (Lipinski definition) is 3. The Labute approximate surface area is 128 Å². The van der Waals surface area contributed by atoms with E-state index in [0.29, 0.717) is 12.4 Å². The zero-order valence-electron chi connectivity index (χ0n) is 12.6. The number of nitrogens with two attached hydrogens (primary N) is 1. The molecule has 2 heterocycles. The molecule has 2 amide bonds. The summed E-state index contributed by atoms with van der Waals surface area (Å²) in [5.41, 5.74) is 8.17. The lowest BCUT2D eigenvalue weighted by atomic mass is 10.1. The van der Waals surface area contributed by atoms with Gasteiger partial charge >= 0.3 is 0 Å². The van der Waals surface area contributed by atoms with Gasteiger partial charge in [0, 0.05) is 19.0 Å². The predicted molar refractivity (Wildman–Crippen MR) is 82.7 cm³/mol. The lowest BCUT2D eigenvalue weighted by molar-refractivity contribution is -0.123. The van der Waals surface area contributed by atoms with Gasteiger partial charge in [-0.25, -0.2) is 4.68 Å². The van der Waals surface area contributed by atoms with Gasteiger partial charge in [0.25, 0.3) is 0 Å². The first-order chi connectivity index (χ1) is 10.5. The molecule has 3 rings (SSSR count). The van der Waals surface area contributed by atoms with Gasteiger partial charge in [-0.05, 0) is 26.0 Å². The van der Waals surface area contributed by atoms with Crippen LogP contribution < -0.4 is 10.6 Å². The number of benzene rings is 1. The largest absolute Gasteiger partial charge is 0.369 e. The average Bonchev–Trinajstić information content (AvgIpc) is 3.03. The molecule has 1 unspecified atom stereocenters. The molecule has 1 atom stereocenters. The molecule has 22 heavy (non-hydrogen) atoms. The fourth-order valence-electron chi connectivity index (χ4n) is 2.67. The standard InChI is InChI=1S/C16H18N4O2/c1-10-3-5-13(6-4-10)20-14(7-11(2)18-20)19-9-12(16(17)22)8-15(19)21/h3-7,12H,8-9H2,1-2H3,(H2,17,22).